The van der Waals surface area contributed by atoms with E-state index >= 15 is 0 Å². The molecule has 1 aromatic heterocycles. The second kappa shape index (κ2) is 7.52. The number of anilines is 1. The second-order valence-corrected chi connectivity index (χ2v) is 5.00. The van der Waals surface area contributed by atoms with Crippen molar-refractivity contribution in [3.05, 3.63) is 23.9 Å². The minimum atomic E-state index is 0.512. The first-order chi connectivity index (χ1) is 7.76. The van der Waals surface area contributed by atoms with E-state index in [1.54, 1.807) is 6.20 Å². The van der Waals surface area contributed by atoms with Crippen LogP contribution >= 0.6 is 11.8 Å². The molecule has 0 aliphatic rings. The highest BCUT2D eigenvalue weighted by Crippen LogP contribution is 2.11. The Labute approximate surface area is 102 Å². The SMILES string of the molecule is CCCSCC(Cc1ccnc(N)c1)NC. The van der Waals surface area contributed by atoms with Gasteiger partial charge in [-0.3, -0.25) is 0 Å². The first-order valence-electron chi connectivity index (χ1n) is 5.71. The van der Waals surface area contributed by atoms with E-state index in [-0.39, 0.29) is 0 Å². The Morgan fingerprint density at radius 2 is 2.38 bits per heavy atom. The first-order valence-corrected chi connectivity index (χ1v) is 6.87. The van der Waals surface area contributed by atoms with Crippen LogP contribution in [0.25, 0.3) is 0 Å². The number of thioether (sulfide) groups is 1. The highest BCUT2D eigenvalue weighted by atomic mass is 32.2. The number of rotatable bonds is 7. The van der Waals surface area contributed by atoms with Crippen molar-refractivity contribution in [2.75, 3.05) is 24.3 Å². The van der Waals surface area contributed by atoms with Crippen molar-refractivity contribution in [1.29, 1.82) is 0 Å². The minimum Gasteiger partial charge on any atom is -0.384 e. The molecule has 0 bridgehead atoms. The molecule has 0 fully saturated rings. The zero-order valence-corrected chi connectivity index (χ0v) is 10.9. The number of nitrogens with one attached hydrogen (secondary N) is 1. The molecule has 0 amide bonds. The van der Waals surface area contributed by atoms with E-state index in [2.05, 4.69) is 17.2 Å². The summed E-state index contributed by atoms with van der Waals surface area (Å²) in [6.07, 6.45) is 4.03. The van der Waals surface area contributed by atoms with Gasteiger partial charge in [0.25, 0.3) is 0 Å². The maximum atomic E-state index is 5.66. The zero-order chi connectivity index (χ0) is 11.8. The highest BCUT2D eigenvalue weighted by molar-refractivity contribution is 7.99. The van der Waals surface area contributed by atoms with Gasteiger partial charge in [0, 0.05) is 18.0 Å². The molecule has 1 rings (SSSR count). The Balaban J connectivity index is 2.43. The quantitative estimate of drug-likeness (QED) is 0.714. The smallest absolute Gasteiger partial charge is 0.123 e. The fourth-order valence-electron chi connectivity index (χ4n) is 1.52. The lowest BCUT2D eigenvalue weighted by Gasteiger charge is -2.15. The van der Waals surface area contributed by atoms with Crippen molar-refractivity contribution >= 4 is 17.6 Å². The topological polar surface area (TPSA) is 50.9 Å². The van der Waals surface area contributed by atoms with E-state index in [1.165, 1.54) is 17.7 Å². The third-order valence-electron chi connectivity index (χ3n) is 2.40. The summed E-state index contributed by atoms with van der Waals surface area (Å²) in [7, 11) is 2.02. The molecule has 0 aliphatic heterocycles. The Bertz CT molecular complexity index is 304. The molecule has 4 heteroatoms. The number of nitrogens with two attached hydrogens (primary N) is 1. The van der Waals surface area contributed by atoms with Gasteiger partial charge in [0.15, 0.2) is 0 Å². The van der Waals surface area contributed by atoms with Gasteiger partial charge in [-0.05, 0) is 43.3 Å². The molecule has 0 spiro atoms. The molecular weight excluding hydrogens is 218 g/mol. The number of hydrogen-bond donors (Lipinski definition) is 2. The van der Waals surface area contributed by atoms with Gasteiger partial charge in [-0.2, -0.15) is 11.8 Å². The van der Waals surface area contributed by atoms with Gasteiger partial charge in [-0.15, -0.1) is 0 Å². The first kappa shape index (κ1) is 13.3. The van der Waals surface area contributed by atoms with E-state index in [0.717, 1.165) is 12.2 Å². The van der Waals surface area contributed by atoms with Gasteiger partial charge >= 0.3 is 0 Å². The van der Waals surface area contributed by atoms with Gasteiger partial charge < -0.3 is 11.1 Å². The normalized spacial score (nSPS) is 12.6. The molecule has 0 saturated carbocycles. The number of aromatic nitrogens is 1. The molecule has 1 atom stereocenters. The summed E-state index contributed by atoms with van der Waals surface area (Å²) in [5.41, 5.74) is 6.91. The summed E-state index contributed by atoms with van der Waals surface area (Å²) in [5, 5.41) is 3.35. The average Bonchev–Trinajstić information content (AvgIpc) is 2.28. The van der Waals surface area contributed by atoms with Crippen molar-refractivity contribution in [1.82, 2.24) is 10.3 Å². The summed E-state index contributed by atoms with van der Waals surface area (Å²) in [6, 6.07) is 4.50. The third-order valence-corrected chi connectivity index (χ3v) is 3.74. The van der Waals surface area contributed by atoms with Crippen LogP contribution in [0.15, 0.2) is 18.3 Å². The molecule has 3 nitrogen and oxygen atoms in total. The number of hydrogen-bond acceptors (Lipinski definition) is 4. The van der Waals surface area contributed by atoms with Crippen LogP contribution in [-0.4, -0.2) is 29.6 Å². The van der Waals surface area contributed by atoms with E-state index in [4.69, 9.17) is 5.73 Å². The van der Waals surface area contributed by atoms with Crippen molar-refractivity contribution in [2.45, 2.75) is 25.8 Å². The fraction of sp³-hybridized carbons (Fsp3) is 0.583. The Kier molecular flexibility index (Phi) is 6.26. The van der Waals surface area contributed by atoms with Crippen LogP contribution in [0.2, 0.25) is 0 Å². The second-order valence-electron chi connectivity index (χ2n) is 3.85. The predicted molar refractivity (Wildman–Crippen MR) is 72.8 cm³/mol. The zero-order valence-electron chi connectivity index (χ0n) is 10.1. The van der Waals surface area contributed by atoms with Gasteiger partial charge in [-0.25, -0.2) is 4.98 Å². The minimum absolute atomic E-state index is 0.512. The summed E-state index contributed by atoms with van der Waals surface area (Å²) in [4.78, 5) is 4.00. The lowest BCUT2D eigenvalue weighted by atomic mass is 10.1. The van der Waals surface area contributed by atoms with Crippen LogP contribution in [-0.2, 0) is 6.42 Å². The molecule has 3 N–H and O–H groups in total. The molecule has 1 unspecified atom stereocenters. The maximum absolute atomic E-state index is 5.66. The van der Waals surface area contributed by atoms with Crippen molar-refractivity contribution < 1.29 is 0 Å². The van der Waals surface area contributed by atoms with Crippen LogP contribution in [0, 0.1) is 0 Å². The maximum Gasteiger partial charge on any atom is 0.123 e. The van der Waals surface area contributed by atoms with Crippen molar-refractivity contribution in [3.8, 4) is 0 Å². The molecule has 1 aromatic rings. The van der Waals surface area contributed by atoms with Gasteiger partial charge in [-0.1, -0.05) is 6.92 Å². The Hall–Kier alpha value is -0.740. The summed E-state index contributed by atoms with van der Waals surface area (Å²) >= 11 is 2.00. The van der Waals surface area contributed by atoms with Crippen LogP contribution in [0.1, 0.15) is 18.9 Å². The fourth-order valence-corrected chi connectivity index (χ4v) is 2.54. The molecule has 0 saturated heterocycles. The van der Waals surface area contributed by atoms with E-state index in [9.17, 15) is 0 Å². The molecule has 1 heterocycles. The van der Waals surface area contributed by atoms with E-state index in [1.807, 2.05) is 30.9 Å². The molecular formula is C12H21N3S. The van der Waals surface area contributed by atoms with Crippen LogP contribution in [0.4, 0.5) is 5.82 Å². The van der Waals surface area contributed by atoms with E-state index < -0.39 is 0 Å². The molecule has 0 aliphatic carbocycles. The van der Waals surface area contributed by atoms with Crippen LogP contribution in [0.5, 0.6) is 0 Å². The van der Waals surface area contributed by atoms with Crippen LogP contribution in [0.3, 0.4) is 0 Å². The number of nitrogen functional groups attached to an aromatic ring is 1. The monoisotopic (exact) mass is 239 g/mol. The largest absolute Gasteiger partial charge is 0.384 e. The van der Waals surface area contributed by atoms with E-state index in [0.29, 0.717) is 11.9 Å². The Morgan fingerprint density at radius 1 is 1.56 bits per heavy atom. The van der Waals surface area contributed by atoms with Crippen molar-refractivity contribution in [3.63, 3.8) is 0 Å². The third kappa shape index (κ3) is 4.86. The number of pyridine rings is 1. The molecule has 0 radical (unpaired) electrons. The van der Waals surface area contributed by atoms with Gasteiger partial charge in [0.1, 0.15) is 5.82 Å². The summed E-state index contributed by atoms with van der Waals surface area (Å²) in [5.74, 6) is 2.98. The molecule has 16 heavy (non-hydrogen) atoms. The number of nitrogens with zero attached hydrogens (tertiary/aromatic N) is 1. The Morgan fingerprint density at radius 3 is 3.00 bits per heavy atom. The number of likely N-dealkylation sites (N-methyl/N-ethyl adjacent to an activating group) is 1. The van der Waals surface area contributed by atoms with Gasteiger partial charge in [0.2, 0.25) is 0 Å². The van der Waals surface area contributed by atoms with Gasteiger partial charge in [0.05, 0.1) is 0 Å². The average molecular weight is 239 g/mol. The lowest BCUT2D eigenvalue weighted by molar-refractivity contribution is 0.617. The van der Waals surface area contributed by atoms with Crippen molar-refractivity contribution in [2.24, 2.45) is 0 Å². The lowest BCUT2D eigenvalue weighted by Crippen LogP contribution is -2.30. The summed E-state index contributed by atoms with van der Waals surface area (Å²) in [6.45, 7) is 2.21. The molecule has 0 aromatic carbocycles. The highest BCUT2D eigenvalue weighted by Gasteiger charge is 2.07. The summed E-state index contributed by atoms with van der Waals surface area (Å²) < 4.78 is 0. The van der Waals surface area contributed by atoms with Crippen LogP contribution < -0.4 is 11.1 Å². The standard InChI is InChI=1S/C12H21N3S/c1-3-6-16-9-11(14-2)7-10-4-5-15-12(13)8-10/h4-5,8,11,14H,3,6-7,9H2,1-2H3,(H2,13,15). The predicted octanol–water partition coefficient (Wildman–Crippen LogP) is 1.94. The molecule has 90 valence electrons.